The molecule has 1 rings (SSSR count). The predicted octanol–water partition coefficient (Wildman–Crippen LogP) is 1.51. The molecule has 10 heavy (non-hydrogen) atoms. The summed E-state index contributed by atoms with van der Waals surface area (Å²) in [5.74, 6) is 0. The van der Waals surface area contributed by atoms with E-state index in [1.165, 1.54) is 5.56 Å². The van der Waals surface area contributed by atoms with Gasteiger partial charge in [-0.15, -0.1) is 0 Å². The molecule has 0 aliphatic rings. The van der Waals surface area contributed by atoms with Crippen LogP contribution in [-0.2, 0) is 7.05 Å². The lowest BCUT2D eigenvalue weighted by Crippen LogP contribution is -1.93. The molecule has 2 nitrogen and oxygen atoms in total. The molecule has 1 aromatic rings. The standard InChI is InChI=1S/C8H10N2/c1-6-4-8(5-9)10(3)7(6)2/h4H,1-3H3. The molecule has 0 spiro atoms. The topological polar surface area (TPSA) is 28.7 Å². The monoisotopic (exact) mass is 134 g/mol. The van der Waals surface area contributed by atoms with E-state index in [0.29, 0.717) is 0 Å². The zero-order valence-electron chi connectivity index (χ0n) is 6.47. The van der Waals surface area contributed by atoms with E-state index in [2.05, 4.69) is 6.07 Å². The lowest BCUT2D eigenvalue weighted by atomic mass is 10.3. The summed E-state index contributed by atoms with van der Waals surface area (Å²) >= 11 is 0. The number of nitrogens with zero attached hydrogens (tertiary/aromatic N) is 2. The average molecular weight is 134 g/mol. The van der Waals surface area contributed by atoms with Crippen molar-refractivity contribution in [2.75, 3.05) is 0 Å². The molecular formula is C8H10N2. The minimum absolute atomic E-state index is 0.731. The van der Waals surface area contributed by atoms with Crippen molar-refractivity contribution in [1.82, 2.24) is 4.57 Å². The summed E-state index contributed by atoms with van der Waals surface area (Å²) in [5, 5.41) is 8.59. The average Bonchev–Trinajstić information content (AvgIpc) is 2.17. The van der Waals surface area contributed by atoms with Gasteiger partial charge in [0.1, 0.15) is 11.8 Å². The Balaban J connectivity index is 3.34. The highest BCUT2D eigenvalue weighted by Gasteiger charge is 2.02. The number of hydrogen-bond acceptors (Lipinski definition) is 1. The lowest BCUT2D eigenvalue weighted by Gasteiger charge is -1.96. The van der Waals surface area contributed by atoms with Crippen molar-refractivity contribution in [3.63, 3.8) is 0 Å². The van der Waals surface area contributed by atoms with Crippen LogP contribution in [0.25, 0.3) is 0 Å². The molecular weight excluding hydrogens is 124 g/mol. The second kappa shape index (κ2) is 2.18. The summed E-state index contributed by atoms with van der Waals surface area (Å²) in [6, 6.07) is 4.02. The Bertz CT molecular complexity index is 289. The lowest BCUT2D eigenvalue weighted by molar-refractivity contribution is 0.861. The molecule has 0 aliphatic carbocycles. The number of rotatable bonds is 0. The summed E-state index contributed by atoms with van der Waals surface area (Å²) < 4.78 is 1.90. The van der Waals surface area contributed by atoms with Crippen LogP contribution in [0.2, 0.25) is 0 Å². The van der Waals surface area contributed by atoms with E-state index in [4.69, 9.17) is 5.26 Å². The second-order valence-electron chi connectivity index (χ2n) is 2.47. The zero-order chi connectivity index (χ0) is 7.72. The Hall–Kier alpha value is -1.23. The molecule has 1 heterocycles. The van der Waals surface area contributed by atoms with Gasteiger partial charge in [0.05, 0.1) is 0 Å². The van der Waals surface area contributed by atoms with Crippen LogP contribution in [0, 0.1) is 25.2 Å². The predicted molar refractivity (Wildman–Crippen MR) is 39.6 cm³/mol. The van der Waals surface area contributed by atoms with E-state index in [9.17, 15) is 0 Å². The van der Waals surface area contributed by atoms with Gasteiger partial charge in [0, 0.05) is 12.7 Å². The second-order valence-corrected chi connectivity index (χ2v) is 2.47. The van der Waals surface area contributed by atoms with Crippen LogP contribution in [0.3, 0.4) is 0 Å². The molecule has 0 amide bonds. The fourth-order valence-electron chi connectivity index (χ4n) is 0.959. The number of hydrogen-bond donors (Lipinski definition) is 0. The number of aryl methyl sites for hydroxylation is 1. The SMILES string of the molecule is Cc1cc(C#N)n(C)c1C. The fourth-order valence-corrected chi connectivity index (χ4v) is 0.959. The largest absolute Gasteiger partial charge is 0.340 e. The van der Waals surface area contributed by atoms with E-state index in [1.54, 1.807) is 0 Å². The quantitative estimate of drug-likeness (QED) is 0.528. The first kappa shape index (κ1) is 6.88. The summed E-state index contributed by atoms with van der Waals surface area (Å²) in [7, 11) is 1.90. The molecule has 0 saturated carbocycles. The minimum atomic E-state index is 0.731. The van der Waals surface area contributed by atoms with Crippen LogP contribution >= 0.6 is 0 Å². The van der Waals surface area contributed by atoms with Crippen molar-refractivity contribution < 1.29 is 0 Å². The maximum absolute atomic E-state index is 8.59. The molecule has 0 atom stereocenters. The van der Waals surface area contributed by atoms with Crippen molar-refractivity contribution >= 4 is 0 Å². The van der Waals surface area contributed by atoms with E-state index < -0.39 is 0 Å². The smallest absolute Gasteiger partial charge is 0.120 e. The zero-order valence-corrected chi connectivity index (χ0v) is 6.47. The molecule has 0 radical (unpaired) electrons. The highest BCUT2D eigenvalue weighted by molar-refractivity contribution is 5.32. The molecule has 0 fully saturated rings. The summed E-state index contributed by atoms with van der Waals surface area (Å²) in [5.41, 5.74) is 3.07. The highest BCUT2D eigenvalue weighted by atomic mass is 14.9. The van der Waals surface area contributed by atoms with Gasteiger partial charge in [0.2, 0.25) is 0 Å². The Morgan fingerprint density at radius 3 is 2.30 bits per heavy atom. The van der Waals surface area contributed by atoms with Gasteiger partial charge in [0.15, 0.2) is 0 Å². The summed E-state index contributed by atoms with van der Waals surface area (Å²) in [4.78, 5) is 0. The first-order valence-electron chi connectivity index (χ1n) is 3.20. The van der Waals surface area contributed by atoms with Crippen LogP contribution in [0.1, 0.15) is 17.0 Å². The van der Waals surface area contributed by atoms with E-state index in [0.717, 1.165) is 11.4 Å². The van der Waals surface area contributed by atoms with Gasteiger partial charge in [-0.25, -0.2) is 0 Å². The number of nitriles is 1. The van der Waals surface area contributed by atoms with Crippen molar-refractivity contribution in [1.29, 1.82) is 5.26 Å². The highest BCUT2D eigenvalue weighted by Crippen LogP contribution is 2.10. The van der Waals surface area contributed by atoms with Crippen molar-refractivity contribution in [3.05, 3.63) is 23.0 Å². The Morgan fingerprint density at radius 1 is 1.50 bits per heavy atom. The molecule has 0 bridgehead atoms. The van der Waals surface area contributed by atoms with Crippen molar-refractivity contribution in [2.24, 2.45) is 7.05 Å². The molecule has 0 saturated heterocycles. The van der Waals surface area contributed by atoms with Crippen LogP contribution < -0.4 is 0 Å². The Kier molecular flexibility index (Phi) is 1.50. The molecule has 0 N–H and O–H groups in total. The van der Waals surface area contributed by atoms with Gasteiger partial charge in [-0.1, -0.05) is 0 Å². The summed E-state index contributed by atoms with van der Waals surface area (Å²) in [6.45, 7) is 4.02. The van der Waals surface area contributed by atoms with Gasteiger partial charge >= 0.3 is 0 Å². The summed E-state index contributed by atoms with van der Waals surface area (Å²) in [6.07, 6.45) is 0. The molecule has 0 unspecified atom stereocenters. The molecule has 0 aliphatic heterocycles. The fraction of sp³-hybridized carbons (Fsp3) is 0.375. The van der Waals surface area contributed by atoms with Crippen LogP contribution in [0.4, 0.5) is 0 Å². The normalized spacial score (nSPS) is 9.40. The van der Waals surface area contributed by atoms with E-state index in [1.807, 2.05) is 31.5 Å². The Labute approximate surface area is 60.7 Å². The third-order valence-corrected chi connectivity index (χ3v) is 1.90. The third-order valence-electron chi connectivity index (χ3n) is 1.90. The Morgan fingerprint density at radius 2 is 2.10 bits per heavy atom. The molecule has 1 aromatic heterocycles. The van der Waals surface area contributed by atoms with Gasteiger partial charge in [-0.3, -0.25) is 0 Å². The molecule has 52 valence electrons. The van der Waals surface area contributed by atoms with Gasteiger partial charge in [-0.05, 0) is 25.5 Å². The van der Waals surface area contributed by atoms with Crippen LogP contribution in [-0.4, -0.2) is 4.57 Å². The third kappa shape index (κ3) is 0.801. The number of aromatic nitrogens is 1. The van der Waals surface area contributed by atoms with E-state index in [-0.39, 0.29) is 0 Å². The van der Waals surface area contributed by atoms with Crippen molar-refractivity contribution in [2.45, 2.75) is 13.8 Å². The maximum Gasteiger partial charge on any atom is 0.120 e. The van der Waals surface area contributed by atoms with Crippen LogP contribution in [0.15, 0.2) is 6.07 Å². The van der Waals surface area contributed by atoms with Gasteiger partial charge in [0.25, 0.3) is 0 Å². The van der Waals surface area contributed by atoms with Crippen LogP contribution in [0.5, 0.6) is 0 Å². The molecule has 2 heteroatoms. The first-order chi connectivity index (χ1) is 4.66. The van der Waals surface area contributed by atoms with Gasteiger partial charge < -0.3 is 4.57 Å². The minimum Gasteiger partial charge on any atom is -0.340 e. The van der Waals surface area contributed by atoms with Crippen molar-refractivity contribution in [3.8, 4) is 6.07 Å². The van der Waals surface area contributed by atoms with Gasteiger partial charge in [-0.2, -0.15) is 5.26 Å². The van der Waals surface area contributed by atoms with E-state index >= 15 is 0 Å². The maximum atomic E-state index is 8.59. The first-order valence-corrected chi connectivity index (χ1v) is 3.20. The molecule has 0 aromatic carbocycles.